The highest BCUT2D eigenvalue weighted by Gasteiger charge is 2.15. The third-order valence-corrected chi connectivity index (χ3v) is 5.67. The van der Waals surface area contributed by atoms with Crippen molar-refractivity contribution < 1.29 is 4.79 Å². The topological polar surface area (TPSA) is 58.6 Å². The number of nitrogens with one attached hydrogen (secondary N) is 1. The summed E-state index contributed by atoms with van der Waals surface area (Å²) in [5.41, 5.74) is 4.57. The van der Waals surface area contributed by atoms with Gasteiger partial charge >= 0.3 is 0 Å². The first-order valence-corrected chi connectivity index (χ1v) is 10.1. The van der Waals surface area contributed by atoms with Crippen molar-refractivity contribution in [3.8, 4) is 11.4 Å². The summed E-state index contributed by atoms with van der Waals surface area (Å²) in [6.07, 6.45) is 2.05. The Labute approximate surface area is 182 Å². The van der Waals surface area contributed by atoms with E-state index in [9.17, 15) is 4.79 Å². The van der Waals surface area contributed by atoms with Crippen molar-refractivity contribution in [1.82, 2.24) is 15.0 Å². The van der Waals surface area contributed by atoms with Gasteiger partial charge in [0.2, 0.25) is 0 Å². The zero-order valence-electron chi connectivity index (χ0n) is 15.7. The Kier molecular flexibility index (Phi) is 4.74. The lowest BCUT2D eigenvalue weighted by atomic mass is 10.0. The van der Waals surface area contributed by atoms with Gasteiger partial charge < -0.3 is 4.98 Å². The van der Waals surface area contributed by atoms with Gasteiger partial charge in [-0.15, -0.1) is 0 Å². The number of aromatic nitrogens is 3. The second-order valence-corrected chi connectivity index (χ2v) is 7.86. The van der Waals surface area contributed by atoms with E-state index in [1.807, 2.05) is 42.5 Å². The number of rotatable bonds is 4. The van der Waals surface area contributed by atoms with Crippen molar-refractivity contribution >= 4 is 50.9 Å². The SMILES string of the molecule is O=C(Cc1ccc2cccnc2c1)c1ccc2nc(-c3c(Cl)cccc3Cl)[nH]c2c1. The average Bonchev–Trinajstić information content (AvgIpc) is 3.16. The predicted molar refractivity (Wildman–Crippen MR) is 121 cm³/mol. The molecular weight excluding hydrogens is 417 g/mol. The van der Waals surface area contributed by atoms with Crippen LogP contribution in [0.5, 0.6) is 0 Å². The maximum atomic E-state index is 12.9. The molecule has 0 radical (unpaired) electrons. The number of imidazole rings is 1. The van der Waals surface area contributed by atoms with Gasteiger partial charge in [0.25, 0.3) is 0 Å². The molecule has 0 aliphatic carbocycles. The fourth-order valence-corrected chi connectivity index (χ4v) is 4.11. The van der Waals surface area contributed by atoms with Crippen LogP contribution in [0.2, 0.25) is 10.0 Å². The molecule has 0 saturated carbocycles. The Balaban J connectivity index is 1.46. The number of aromatic amines is 1. The quantitative estimate of drug-likeness (QED) is 0.330. The Bertz CT molecular complexity index is 1400. The van der Waals surface area contributed by atoms with Crippen LogP contribution in [0.1, 0.15) is 15.9 Å². The number of pyridine rings is 1. The lowest BCUT2D eigenvalue weighted by molar-refractivity contribution is 0.0993. The van der Waals surface area contributed by atoms with E-state index in [4.69, 9.17) is 23.2 Å². The minimum atomic E-state index is 0.0270. The van der Waals surface area contributed by atoms with Gasteiger partial charge in [-0.1, -0.05) is 47.5 Å². The number of carbonyl (C=O) groups is 1. The van der Waals surface area contributed by atoms with Gasteiger partial charge in [0, 0.05) is 23.6 Å². The molecular formula is C24H15Cl2N3O. The van der Waals surface area contributed by atoms with E-state index >= 15 is 0 Å². The highest BCUT2D eigenvalue weighted by atomic mass is 35.5. The van der Waals surface area contributed by atoms with Crippen LogP contribution in [0.4, 0.5) is 0 Å². The molecule has 0 spiro atoms. The molecule has 5 aromatic rings. The van der Waals surface area contributed by atoms with Crippen LogP contribution in [0.25, 0.3) is 33.3 Å². The van der Waals surface area contributed by atoms with E-state index in [2.05, 4.69) is 15.0 Å². The van der Waals surface area contributed by atoms with Crippen LogP contribution in [0.3, 0.4) is 0 Å². The number of carbonyl (C=O) groups excluding carboxylic acids is 1. The third-order valence-electron chi connectivity index (χ3n) is 5.04. The van der Waals surface area contributed by atoms with E-state index in [0.717, 1.165) is 27.5 Å². The smallest absolute Gasteiger partial charge is 0.167 e. The minimum Gasteiger partial charge on any atom is -0.338 e. The zero-order valence-corrected chi connectivity index (χ0v) is 17.2. The lowest BCUT2D eigenvalue weighted by Crippen LogP contribution is -2.03. The van der Waals surface area contributed by atoms with Gasteiger partial charge in [-0.05, 0) is 48.0 Å². The zero-order chi connectivity index (χ0) is 20.7. The maximum absolute atomic E-state index is 12.9. The van der Waals surface area contributed by atoms with Crippen molar-refractivity contribution in [2.45, 2.75) is 6.42 Å². The van der Waals surface area contributed by atoms with E-state index in [-0.39, 0.29) is 5.78 Å². The molecule has 5 rings (SSSR count). The molecule has 3 aromatic carbocycles. The Morgan fingerprint density at radius 1 is 0.900 bits per heavy atom. The van der Waals surface area contributed by atoms with E-state index in [1.54, 1.807) is 30.5 Å². The van der Waals surface area contributed by atoms with Crippen LogP contribution >= 0.6 is 23.2 Å². The number of Topliss-reactive ketones (excluding diaryl/α,β-unsaturated/α-hetero) is 1. The standard InChI is InChI=1S/C24H15Cl2N3O/c25-17-4-1-5-18(26)23(17)24-28-19-9-8-16(13-21(19)29-24)22(30)12-14-6-7-15-3-2-10-27-20(15)11-14/h1-11,13H,12H2,(H,28,29). The van der Waals surface area contributed by atoms with Gasteiger partial charge in [-0.25, -0.2) is 4.98 Å². The summed E-state index contributed by atoms with van der Waals surface area (Å²) in [5, 5.41) is 2.09. The molecule has 4 nitrogen and oxygen atoms in total. The lowest BCUT2D eigenvalue weighted by Gasteiger charge is -2.04. The van der Waals surface area contributed by atoms with E-state index < -0.39 is 0 Å². The maximum Gasteiger partial charge on any atom is 0.167 e. The van der Waals surface area contributed by atoms with Crippen molar-refractivity contribution in [3.63, 3.8) is 0 Å². The first-order chi connectivity index (χ1) is 14.6. The molecule has 0 aliphatic heterocycles. The normalized spacial score (nSPS) is 11.3. The molecule has 1 N–H and O–H groups in total. The van der Waals surface area contributed by atoms with Crippen LogP contribution < -0.4 is 0 Å². The molecule has 146 valence electrons. The molecule has 2 heterocycles. The van der Waals surface area contributed by atoms with Crippen molar-refractivity contribution in [1.29, 1.82) is 0 Å². The van der Waals surface area contributed by atoms with E-state index in [0.29, 0.717) is 33.4 Å². The van der Waals surface area contributed by atoms with Gasteiger partial charge in [0.05, 0.1) is 32.2 Å². The fourth-order valence-electron chi connectivity index (χ4n) is 3.53. The number of hydrogen-bond acceptors (Lipinski definition) is 3. The summed E-state index contributed by atoms with van der Waals surface area (Å²) in [7, 11) is 0. The highest BCUT2D eigenvalue weighted by molar-refractivity contribution is 6.39. The molecule has 0 amide bonds. The Morgan fingerprint density at radius 3 is 2.57 bits per heavy atom. The summed E-state index contributed by atoms with van der Waals surface area (Å²) in [4.78, 5) is 25.1. The second kappa shape index (κ2) is 7.56. The second-order valence-electron chi connectivity index (χ2n) is 7.04. The number of halogens is 2. The molecule has 6 heteroatoms. The number of benzene rings is 3. The molecule has 0 atom stereocenters. The summed E-state index contributed by atoms with van der Waals surface area (Å²) >= 11 is 12.6. The minimum absolute atomic E-state index is 0.0270. The summed E-state index contributed by atoms with van der Waals surface area (Å²) in [6, 6.07) is 20.6. The molecule has 0 saturated heterocycles. The first kappa shape index (κ1) is 18.8. The summed E-state index contributed by atoms with van der Waals surface area (Å²) < 4.78 is 0. The highest BCUT2D eigenvalue weighted by Crippen LogP contribution is 2.34. The largest absolute Gasteiger partial charge is 0.338 e. The number of fused-ring (bicyclic) bond motifs is 2. The van der Waals surface area contributed by atoms with Gasteiger partial charge in [-0.2, -0.15) is 0 Å². The van der Waals surface area contributed by atoms with Crippen molar-refractivity contribution in [3.05, 3.63) is 94.1 Å². The van der Waals surface area contributed by atoms with Crippen LogP contribution in [-0.2, 0) is 6.42 Å². The number of H-pyrrole nitrogens is 1. The van der Waals surface area contributed by atoms with Crippen molar-refractivity contribution in [2.75, 3.05) is 0 Å². The molecule has 0 bridgehead atoms. The molecule has 0 aliphatic rings. The third kappa shape index (κ3) is 3.45. The van der Waals surface area contributed by atoms with Crippen LogP contribution in [0, 0.1) is 0 Å². The number of nitrogens with zero attached hydrogens (tertiary/aromatic N) is 2. The van der Waals surface area contributed by atoms with Gasteiger partial charge in [-0.3, -0.25) is 9.78 Å². The molecule has 0 fully saturated rings. The molecule has 30 heavy (non-hydrogen) atoms. The average molecular weight is 432 g/mol. The molecule has 0 unspecified atom stereocenters. The Morgan fingerprint density at radius 2 is 1.73 bits per heavy atom. The Hall–Kier alpha value is -3.21. The van der Waals surface area contributed by atoms with Gasteiger partial charge in [0.15, 0.2) is 5.78 Å². The summed E-state index contributed by atoms with van der Waals surface area (Å²) in [5.74, 6) is 0.602. The van der Waals surface area contributed by atoms with Crippen LogP contribution in [0.15, 0.2) is 72.9 Å². The molecule has 2 aromatic heterocycles. The van der Waals surface area contributed by atoms with E-state index in [1.165, 1.54) is 0 Å². The number of ketones is 1. The van der Waals surface area contributed by atoms with Gasteiger partial charge in [0.1, 0.15) is 5.82 Å². The first-order valence-electron chi connectivity index (χ1n) is 9.39. The van der Waals surface area contributed by atoms with Crippen molar-refractivity contribution in [2.24, 2.45) is 0 Å². The predicted octanol–water partition coefficient (Wildman–Crippen LogP) is 6.51. The van der Waals surface area contributed by atoms with Crippen LogP contribution in [-0.4, -0.2) is 20.7 Å². The number of hydrogen-bond donors (Lipinski definition) is 1. The fraction of sp³-hybridized carbons (Fsp3) is 0.0417. The summed E-state index contributed by atoms with van der Waals surface area (Å²) in [6.45, 7) is 0. The monoisotopic (exact) mass is 431 g/mol.